The number of allylic oxidation sites excluding steroid dienone is 1. The molecule has 5 rings (SSSR count). The molecule has 0 fully saturated rings. The smallest absolute Gasteiger partial charge is 0.200 e. The molecular formula is C25H18OS. The Hall–Kier alpha value is -2.97. The lowest BCUT2D eigenvalue weighted by molar-refractivity contribution is 0.104. The van der Waals surface area contributed by atoms with Crippen LogP contribution in [0.5, 0.6) is 0 Å². The first kappa shape index (κ1) is 16.2. The maximum absolute atomic E-state index is 13.4. The molecule has 2 heteroatoms. The highest BCUT2D eigenvalue weighted by Crippen LogP contribution is 2.49. The molecule has 130 valence electrons. The molecule has 0 saturated carbocycles. The first-order valence-electron chi connectivity index (χ1n) is 9.12. The highest BCUT2D eigenvalue weighted by Gasteiger charge is 2.38. The Bertz CT molecular complexity index is 1200. The van der Waals surface area contributed by atoms with Crippen molar-refractivity contribution in [2.75, 3.05) is 0 Å². The van der Waals surface area contributed by atoms with E-state index in [9.17, 15) is 4.79 Å². The maximum atomic E-state index is 13.4. The topological polar surface area (TPSA) is 17.1 Å². The number of ketones is 1. The van der Waals surface area contributed by atoms with Crippen LogP contribution in [-0.4, -0.2) is 5.78 Å². The lowest BCUT2D eigenvalue weighted by atomic mass is 9.87. The summed E-state index contributed by atoms with van der Waals surface area (Å²) in [6.07, 6.45) is 2.08. The molecule has 1 aromatic heterocycles. The second-order valence-corrected chi connectivity index (χ2v) is 8.08. The Morgan fingerprint density at radius 3 is 2.48 bits per heavy atom. The van der Waals surface area contributed by atoms with Gasteiger partial charge in [0.1, 0.15) is 0 Å². The zero-order valence-electron chi connectivity index (χ0n) is 15.0. The number of benzene rings is 3. The van der Waals surface area contributed by atoms with Gasteiger partial charge in [-0.05, 0) is 41.1 Å². The third-order valence-electron chi connectivity index (χ3n) is 5.20. The summed E-state index contributed by atoms with van der Waals surface area (Å²) in [5.74, 6) is 0.159. The van der Waals surface area contributed by atoms with Gasteiger partial charge in [0.25, 0.3) is 0 Å². The molecule has 27 heavy (non-hydrogen) atoms. The highest BCUT2D eigenvalue weighted by molar-refractivity contribution is 7.21. The van der Waals surface area contributed by atoms with E-state index in [1.807, 2.05) is 18.2 Å². The van der Waals surface area contributed by atoms with Crippen molar-refractivity contribution < 1.29 is 4.79 Å². The van der Waals surface area contributed by atoms with E-state index in [2.05, 4.69) is 73.7 Å². The van der Waals surface area contributed by atoms with E-state index in [0.29, 0.717) is 0 Å². The lowest BCUT2D eigenvalue weighted by Crippen LogP contribution is -2.03. The summed E-state index contributed by atoms with van der Waals surface area (Å²) < 4.78 is 1.19. The standard InChI is InChI=1S/C25H18OS/c1-16-8-7-9-17(14-16)15-20-22(18-10-3-2-4-11-18)23-19-12-5-6-13-21(19)27-25(23)24(20)26/h2-15,22H,1H3/b20-15+/t22-/m0/s1. The number of carbonyl (C=O) groups excluding carboxylic acids is 1. The van der Waals surface area contributed by atoms with E-state index in [1.165, 1.54) is 26.8 Å². The van der Waals surface area contributed by atoms with Crippen LogP contribution in [0.1, 0.15) is 37.8 Å². The van der Waals surface area contributed by atoms with Crippen LogP contribution in [0.2, 0.25) is 0 Å². The molecule has 0 N–H and O–H groups in total. The maximum Gasteiger partial charge on any atom is 0.200 e. The van der Waals surface area contributed by atoms with Crippen molar-refractivity contribution >= 4 is 33.3 Å². The van der Waals surface area contributed by atoms with Crippen LogP contribution in [0.25, 0.3) is 16.2 Å². The van der Waals surface area contributed by atoms with E-state index < -0.39 is 0 Å². The van der Waals surface area contributed by atoms with Gasteiger partial charge in [0, 0.05) is 16.2 Å². The van der Waals surface area contributed by atoms with Crippen molar-refractivity contribution in [3.05, 3.63) is 112 Å². The fourth-order valence-corrected chi connectivity index (χ4v) is 5.22. The van der Waals surface area contributed by atoms with Crippen molar-refractivity contribution in [2.24, 2.45) is 0 Å². The van der Waals surface area contributed by atoms with Gasteiger partial charge in [-0.1, -0.05) is 78.4 Å². The van der Waals surface area contributed by atoms with E-state index >= 15 is 0 Å². The van der Waals surface area contributed by atoms with Gasteiger partial charge in [-0.2, -0.15) is 0 Å². The van der Waals surface area contributed by atoms with Gasteiger partial charge >= 0.3 is 0 Å². The third-order valence-corrected chi connectivity index (χ3v) is 6.38. The molecule has 1 nitrogen and oxygen atoms in total. The van der Waals surface area contributed by atoms with E-state index in [4.69, 9.17) is 0 Å². The molecule has 0 radical (unpaired) electrons. The predicted molar refractivity (Wildman–Crippen MR) is 114 cm³/mol. The molecule has 0 bridgehead atoms. The number of thiophene rings is 1. The van der Waals surface area contributed by atoms with Crippen molar-refractivity contribution in [1.29, 1.82) is 0 Å². The molecular weight excluding hydrogens is 348 g/mol. The van der Waals surface area contributed by atoms with Crippen LogP contribution in [0, 0.1) is 6.92 Å². The molecule has 1 aliphatic carbocycles. The average Bonchev–Trinajstić information content (AvgIpc) is 3.19. The fraction of sp³-hybridized carbons (Fsp3) is 0.0800. The lowest BCUT2D eigenvalue weighted by Gasteiger charge is -2.14. The van der Waals surface area contributed by atoms with Gasteiger partial charge in [-0.15, -0.1) is 11.3 Å². The summed E-state index contributed by atoms with van der Waals surface area (Å²) in [5.41, 5.74) is 5.50. The van der Waals surface area contributed by atoms with Crippen molar-refractivity contribution in [3.63, 3.8) is 0 Å². The van der Waals surface area contributed by atoms with Gasteiger partial charge in [-0.3, -0.25) is 4.79 Å². The second kappa shape index (κ2) is 6.33. The van der Waals surface area contributed by atoms with Crippen molar-refractivity contribution in [2.45, 2.75) is 12.8 Å². The number of Topliss-reactive ketones (excluding diaryl/α,β-unsaturated/α-hetero) is 1. The van der Waals surface area contributed by atoms with Gasteiger partial charge in [0.2, 0.25) is 0 Å². The van der Waals surface area contributed by atoms with E-state index in [0.717, 1.165) is 16.0 Å². The van der Waals surface area contributed by atoms with Crippen LogP contribution in [0.15, 0.2) is 84.4 Å². The summed E-state index contributed by atoms with van der Waals surface area (Å²) in [6, 6.07) is 27.1. The van der Waals surface area contributed by atoms with Gasteiger partial charge in [0.15, 0.2) is 5.78 Å². The number of hydrogen-bond donors (Lipinski definition) is 0. The molecule has 0 unspecified atom stereocenters. The number of aryl methyl sites for hydroxylation is 1. The van der Waals surface area contributed by atoms with Gasteiger partial charge in [-0.25, -0.2) is 0 Å². The van der Waals surface area contributed by atoms with Crippen LogP contribution in [0.4, 0.5) is 0 Å². The van der Waals surface area contributed by atoms with Crippen molar-refractivity contribution in [1.82, 2.24) is 0 Å². The molecule has 3 aromatic carbocycles. The number of rotatable bonds is 2. The summed E-state index contributed by atoms with van der Waals surface area (Å²) in [5, 5.41) is 1.20. The Morgan fingerprint density at radius 2 is 1.67 bits per heavy atom. The minimum absolute atomic E-state index is 0.00892. The fourth-order valence-electron chi connectivity index (χ4n) is 4.02. The van der Waals surface area contributed by atoms with E-state index in [-0.39, 0.29) is 11.7 Å². The SMILES string of the molecule is Cc1cccc(/C=C2/C(=O)c3sc4ccccc4c3[C@H]2c2ccccc2)c1. The first-order chi connectivity index (χ1) is 13.2. The van der Waals surface area contributed by atoms with Crippen LogP contribution in [-0.2, 0) is 0 Å². The number of fused-ring (bicyclic) bond motifs is 3. The Balaban J connectivity index is 1.77. The molecule has 0 amide bonds. The number of carbonyl (C=O) groups is 1. The molecule has 1 heterocycles. The van der Waals surface area contributed by atoms with Crippen LogP contribution in [0.3, 0.4) is 0 Å². The zero-order valence-corrected chi connectivity index (χ0v) is 15.8. The molecule has 0 spiro atoms. The second-order valence-electron chi connectivity index (χ2n) is 7.03. The van der Waals surface area contributed by atoms with Crippen LogP contribution < -0.4 is 0 Å². The zero-order chi connectivity index (χ0) is 18.4. The Morgan fingerprint density at radius 1 is 0.889 bits per heavy atom. The normalized spacial score (nSPS) is 17.6. The molecule has 0 saturated heterocycles. The average molecular weight is 366 g/mol. The summed E-state index contributed by atoms with van der Waals surface area (Å²) >= 11 is 1.62. The minimum atomic E-state index is -0.00892. The minimum Gasteiger partial charge on any atom is -0.288 e. The Labute approximate surface area is 162 Å². The molecule has 1 atom stereocenters. The third kappa shape index (κ3) is 2.65. The molecule has 1 aliphatic rings. The molecule has 4 aromatic rings. The first-order valence-corrected chi connectivity index (χ1v) is 9.93. The summed E-state index contributed by atoms with van der Waals surface area (Å²) in [7, 11) is 0. The summed E-state index contributed by atoms with van der Waals surface area (Å²) in [6.45, 7) is 2.08. The quantitative estimate of drug-likeness (QED) is 0.364. The van der Waals surface area contributed by atoms with Crippen molar-refractivity contribution in [3.8, 4) is 0 Å². The van der Waals surface area contributed by atoms with Crippen LogP contribution >= 0.6 is 11.3 Å². The van der Waals surface area contributed by atoms with Gasteiger partial charge in [0.05, 0.1) is 4.88 Å². The molecule has 0 aliphatic heterocycles. The van der Waals surface area contributed by atoms with Gasteiger partial charge < -0.3 is 0 Å². The predicted octanol–water partition coefficient (Wildman–Crippen LogP) is 6.62. The Kier molecular flexibility index (Phi) is 3.80. The van der Waals surface area contributed by atoms with E-state index in [1.54, 1.807) is 11.3 Å². The monoisotopic (exact) mass is 366 g/mol. The highest BCUT2D eigenvalue weighted by atomic mass is 32.1. The number of hydrogen-bond acceptors (Lipinski definition) is 2. The summed E-state index contributed by atoms with van der Waals surface area (Å²) in [4.78, 5) is 14.3. The largest absolute Gasteiger partial charge is 0.288 e.